The number of nitrogens with zero attached hydrogens (tertiary/aromatic N) is 8. The summed E-state index contributed by atoms with van der Waals surface area (Å²) >= 11 is 0. The number of nitrogens with one attached hydrogen (secondary N) is 2. The molecule has 0 spiro atoms. The lowest BCUT2D eigenvalue weighted by Gasteiger charge is -2.41. The monoisotopic (exact) mass is 816 g/mol. The first-order valence-electron chi connectivity index (χ1n) is 21.6. The van der Waals surface area contributed by atoms with Gasteiger partial charge in [-0.05, 0) is 89.0 Å². The van der Waals surface area contributed by atoms with Gasteiger partial charge in [0.25, 0.3) is 11.5 Å². The number of ketones is 1. The lowest BCUT2D eigenvalue weighted by molar-refractivity contribution is -0.150. The van der Waals surface area contributed by atoms with E-state index in [1.165, 1.54) is 6.92 Å². The number of pyridine rings is 2. The number of anilines is 3. The molecule has 4 amide bonds. The van der Waals surface area contributed by atoms with Crippen LogP contribution in [0.4, 0.5) is 17.5 Å². The van der Waals surface area contributed by atoms with Crippen molar-refractivity contribution in [3.05, 3.63) is 69.4 Å². The van der Waals surface area contributed by atoms with Crippen LogP contribution in [0.1, 0.15) is 99.5 Å². The van der Waals surface area contributed by atoms with E-state index in [0.717, 1.165) is 107 Å². The van der Waals surface area contributed by atoms with Gasteiger partial charge in [-0.15, -0.1) is 0 Å². The minimum atomic E-state index is -0.940. The number of Topliss-reactive ketones (excluding diaryl/α,β-unsaturated/α-hetero) is 1. The molecule has 0 radical (unpaired) electrons. The van der Waals surface area contributed by atoms with Gasteiger partial charge in [0.15, 0.2) is 5.78 Å². The van der Waals surface area contributed by atoms with Crippen LogP contribution in [0.5, 0.6) is 0 Å². The molecule has 0 aromatic carbocycles. The van der Waals surface area contributed by atoms with Gasteiger partial charge in [-0.3, -0.25) is 48.5 Å². The van der Waals surface area contributed by atoms with Crippen LogP contribution in [0.25, 0.3) is 11.0 Å². The third-order valence-corrected chi connectivity index (χ3v) is 13.5. The Bertz CT molecular complexity index is 2380. The van der Waals surface area contributed by atoms with E-state index in [9.17, 15) is 28.8 Å². The summed E-state index contributed by atoms with van der Waals surface area (Å²) in [7, 11) is 0. The van der Waals surface area contributed by atoms with Gasteiger partial charge in [0.05, 0.1) is 23.4 Å². The van der Waals surface area contributed by atoms with Crippen LogP contribution in [0.2, 0.25) is 0 Å². The zero-order chi connectivity index (χ0) is 41.7. The summed E-state index contributed by atoms with van der Waals surface area (Å²) in [6, 6.07) is 3.35. The molecule has 314 valence electrons. The van der Waals surface area contributed by atoms with Gasteiger partial charge < -0.3 is 15.1 Å². The smallest absolute Gasteiger partial charge is 0.263 e. The van der Waals surface area contributed by atoms with Gasteiger partial charge >= 0.3 is 0 Å². The standard InChI is InChI=1S/C44H52N10O6/c1-26-34-25-46-44(49-39(34)53(29-8-3-4-9-29)43(60)38(26)27(2)55)47-36-14-11-31(24-45-36)51-21-19-50(20-22-51)18-16-28-7-5-6-17-52(28)30-10-12-32-33(23-30)42(59)54(41(32)58)35-13-15-37(56)48-40(35)57/h10-11,14,23-25,28-29,32,35H,3-9,12-13,15-22H2,1-2H3,(H,48,56,57)(H,45,46,47,49). The number of carbonyl (C=O) groups excluding carboxylic acids is 5. The van der Waals surface area contributed by atoms with Crippen molar-refractivity contribution in [2.45, 2.75) is 103 Å². The molecule has 3 aromatic heterocycles. The normalized spacial score (nSPS) is 24.2. The maximum Gasteiger partial charge on any atom is 0.263 e. The van der Waals surface area contributed by atoms with Gasteiger partial charge in [-0.25, -0.2) is 9.97 Å². The van der Waals surface area contributed by atoms with Crippen molar-refractivity contribution in [1.29, 1.82) is 0 Å². The minimum Gasteiger partial charge on any atom is -0.369 e. The summed E-state index contributed by atoms with van der Waals surface area (Å²) in [6.45, 7) is 8.67. The number of aryl methyl sites for hydroxylation is 1. The SMILES string of the molecule is CC(=O)c1c(C)c2cnc(Nc3ccc(N4CCN(CCC5CCCCN5C5=CCC6C(=O)N(C7CCC(=O)NC7=O)C(=O)C6=C5)CC4)cn3)nc2n(C2CCCC2)c1=O. The third kappa shape index (κ3) is 7.39. The van der Waals surface area contributed by atoms with E-state index in [1.807, 2.05) is 24.4 Å². The molecule has 3 atom stereocenters. The summed E-state index contributed by atoms with van der Waals surface area (Å²) in [5.74, 6) is -1.61. The number of carbonyl (C=O) groups is 5. The van der Waals surface area contributed by atoms with Crippen LogP contribution in [0, 0.1) is 12.8 Å². The fourth-order valence-electron chi connectivity index (χ4n) is 10.2. The van der Waals surface area contributed by atoms with Crippen molar-refractivity contribution in [1.82, 2.24) is 39.5 Å². The minimum absolute atomic E-state index is 0.00349. The Morgan fingerprint density at radius 2 is 1.70 bits per heavy atom. The number of likely N-dealkylation sites (tertiary alicyclic amines) is 2. The molecule has 6 aliphatic rings. The summed E-state index contributed by atoms with van der Waals surface area (Å²) in [4.78, 5) is 99.6. The van der Waals surface area contributed by atoms with E-state index in [0.29, 0.717) is 46.4 Å². The summed E-state index contributed by atoms with van der Waals surface area (Å²) in [5.41, 5.74) is 3.56. The molecule has 2 aliphatic carbocycles. The highest BCUT2D eigenvalue weighted by Gasteiger charge is 2.50. The Labute approximate surface area is 348 Å². The average Bonchev–Trinajstić information content (AvgIpc) is 3.86. The second-order valence-electron chi connectivity index (χ2n) is 17.1. The van der Waals surface area contributed by atoms with Crippen LogP contribution < -0.4 is 21.1 Å². The molecular weight excluding hydrogens is 765 g/mol. The third-order valence-electron chi connectivity index (χ3n) is 13.5. The van der Waals surface area contributed by atoms with Crippen LogP contribution >= 0.6 is 0 Å². The fourth-order valence-corrected chi connectivity index (χ4v) is 10.2. The molecule has 4 saturated heterocycles. The number of piperazine rings is 1. The Morgan fingerprint density at radius 1 is 0.917 bits per heavy atom. The molecule has 1 saturated carbocycles. The van der Waals surface area contributed by atoms with Gasteiger partial charge in [0, 0.05) is 80.6 Å². The molecular formula is C44H52N10O6. The van der Waals surface area contributed by atoms with E-state index in [4.69, 9.17) is 4.98 Å². The molecule has 2 N–H and O–H groups in total. The van der Waals surface area contributed by atoms with Crippen LogP contribution in [0.15, 0.2) is 52.7 Å². The van der Waals surface area contributed by atoms with Gasteiger partial charge in [0.1, 0.15) is 17.5 Å². The van der Waals surface area contributed by atoms with E-state index in [-0.39, 0.29) is 47.6 Å². The molecule has 4 aliphatic heterocycles. The van der Waals surface area contributed by atoms with Crippen molar-refractivity contribution in [3.8, 4) is 0 Å². The first-order valence-corrected chi connectivity index (χ1v) is 21.6. The van der Waals surface area contributed by atoms with E-state index in [1.54, 1.807) is 17.7 Å². The number of fused-ring (bicyclic) bond motifs is 2. The highest BCUT2D eigenvalue weighted by Crippen LogP contribution is 2.38. The zero-order valence-corrected chi connectivity index (χ0v) is 34.3. The summed E-state index contributed by atoms with van der Waals surface area (Å²) in [6.07, 6.45) is 16.3. The van der Waals surface area contributed by atoms with Crippen LogP contribution in [-0.4, -0.2) is 115 Å². The zero-order valence-electron chi connectivity index (χ0n) is 34.3. The highest BCUT2D eigenvalue weighted by atomic mass is 16.2. The van der Waals surface area contributed by atoms with Gasteiger partial charge in [-0.1, -0.05) is 18.9 Å². The number of piperidine rings is 2. The molecule has 5 fully saturated rings. The molecule has 3 aromatic rings. The van der Waals surface area contributed by atoms with Crippen molar-refractivity contribution in [3.63, 3.8) is 0 Å². The number of amides is 4. The summed E-state index contributed by atoms with van der Waals surface area (Å²) in [5, 5.41) is 6.21. The van der Waals surface area contributed by atoms with Gasteiger partial charge in [0.2, 0.25) is 23.7 Å². The second kappa shape index (κ2) is 16.4. The number of hydrogen-bond donors (Lipinski definition) is 2. The quantitative estimate of drug-likeness (QED) is 0.222. The Hall–Kier alpha value is -5.77. The lowest BCUT2D eigenvalue weighted by Crippen LogP contribution is -2.54. The lowest BCUT2D eigenvalue weighted by atomic mass is 9.90. The maximum atomic E-state index is 13.6. The molecule has 60 heavy (non-hydrogen) atoms. The van der Waals surface area contributed by atoms with Crippen LogP contribution in [-0.2, 0) is 19.2 Å². The molecule has 16 nitrogen and oxygen atoms in total. The molecule has 16 heteroatoms. The van der Waals surface area contributed by atoms with E-state index < -0.39 is 23.8 Å². The highest BCUT2D eigenvalue weighted by molar-refractivity contribution is 6.18. The van der Waals surface area contributed by atoms with Crippen LogP contribution in [0.3, 0.4) is 0 Å². The molecule has 3 unspecified atom stereocenters. The summed E-state index contributed by atoms with van der Waals surface area (Å²) < 4.78 is 1.71. The number of hydrogen-bond acceptors (Lipinski definition) is 13. The van der Waals surface area contributed by atoms with Gasteiger partial charge in [-0.2, -0.15) is 4.98 Å². The number of aromatic nitrogens is 4. The predicted molar refractivity (Wildman–Crippen MR) is 223 cm³/mol. The number of allylic oxidation sites excluding steroid dienone is 2. The van der Waals surface area contributed by atoms with Crippen molar-refractivity contribution >= 4 is 57.9 Å². The second-order valence-corrected chi connectivity index (χ2v) is 17.1. The first kappa shape index (κ1) is 39.7. The van der Waals surface area contributed by atoms with Crippen molar-refractivity contribution < 1.29 is 24.0 Å². The first-order chi connectivity index (χ1) is 29.0. The largest absolute Gasteiger partial charge is 0.369 e. The molecule has 0 bridgehead atoms. The van der Waals surface area contributed by atoms with E-state index >= 15 is 0 Å². The Morgan fingerprint density at radius 3 is 2.43 bits per heavy atom. The molecule has 9 rings (SSSR count). The predicted octanol–water partition coefficient (Wildman–Crippen LogP) is 3.93. The topological polar surface area (TPSA) is 183 Å². The Kier molecular flexibility index (Phi) is 10.8. The average molecular weight is 817 g/mol. The maximum absolute atomic E-state index is 13.6. The number of rotatable bonds is 10. The van der Waals surface area contributed by atoms with Crippen molar-refractivity contribution in [2.24, 2.45) is 5.92 Å². The number of imide groups is 2. The fraction of sp³-hybridized carbons (Fsp3) is 0.523. The van der Waals surface area contributed by atoms with E-state index in [2.05, 4.69) is 41.4 Å². The molecule has 7 heterocycles. The Balaban J connectivity index is 0.801. The van der Waals surface area contributed by atoms with Crippen molar-refractivity contribution in [2.75, 3.05) is 49.5 Å².